The smallest absolute Gasteiger partial charge is 0.222 e. The number of nitrogens with zero attached hydrogens (tertiary/aromatic N) is 1. The molecule has 0 aromatic heterocycles. The van der Waals surface area contributed by atoms with Crippen molar-refractivity contribution in [3.63, 3.8) is 0 Å². The average molecular weight is 323 g/mol. The van der Waals surface area contributed by atoms with E-state index in [0.717, 1.165) is 12.1 Å². The third-order valence-corrected chi connectivity index (χ3v) is 2.45. The molecule has 1 fully saturated rings. The van der Waals surface area contributed by atoms with Crippen LogP contribution in [0, 0.1) is 6.92 Å². The van der Waals surface area contributed by atoms with E-state index in [1.165, 1.54) is 0 Å². The first-order valence-electron chi connectivity index (χ1n) is 6.46. The van der Waals surface area contributed by atoms with Crippen molar-refractivity contribution in [2.75, 3.05) is 6.54 Å². The van der Waals surface area contributed by atoms with E-state index in [-0.39, 0.29) is 44.7 Å². The molecule has 0 aliphatic carbocycles. The average Bonchev–Trinajstić information content (AvgIpc) is 2.42. The summed E-state index contributed by atoms with van der Waals surface area (Å²) >= 11 is 0. The molecule has 1 unspecified atom stereocenters. The van der Waals surface area contributed by atoms with Crippen molar-refractivity contribution in [1.82, 2.24) is 4.90 Å². The largest absolute Gasteiger partial charge is 0.365 e. The zero-order chi connectivity index (χ0) is 13.3. The van der Waals surface area contributed by atoms with E-state index in [0.29, 0.717) is 6.42 Å². The van der Waals surface area contributed by atoms with Crippen molar-refractivity contribution >= 4 is 5.91 Å². The van der Waals surface area contributed by atoms with Gasteiger partial charge < -0.3 is 11.8 Å². The van der Waals surface area contributed by atoms with Gasteiger partial charge in [-0.1, -0.05) is 69.6 Å². The molecule has 1 aromatic carbocycles. The molecule has 1 atom stereocenters. The van der Waals surface area contributed by atoms with Crippen LogP contribution in [0.3, 0.4) is 0 Å². The van der Waals surface area contributed by atoms with Gasteiger partial charge in [-0.25, -0.2) is 0 Å². The molecule has 18 heavy (non-hydrogen) atoms. The molecule has 1 heterocycles. The zero-order valence-corrected chi connectivity index (χ0v) is 14.9. The van der Waals surface area contributed by atoms with Crippen molar-refractivity contribution < 1.29 is 37.5 Å². The number of carbonyl (C=O) groups is 1. The van der Waals surface area contributed by atoms with Crippen LogP contribution in [0.25, 0.3) is 0 Å². The minimum absolute atomic E-state index is 0. The molecule has 0 spiro atoms. The SMILES string of the molecule is CC.CC.[CH2-]C(c1ccccc1)N1CCC1=O.[Y]. The molecule has 99 valence electrons. The van der Waals surface area contributed by atoms with Crippen LogP contribution in [0.2, 0.25) is 0 Å². The van der Waals surface area contributed by atoms with E-state index in [1.54, 1.807) is 4.90 Å². The molecule has 1 aromatic rings. The summed E-state index contributed by atoms with van der Waals surface area (Å²) in [6.07, 6.45) is 0.679. The van der Waals surface area contributed by atoms with E-state index in [9.17, 15) is 4.79 Å². The molecule has 2 rings (SSSR count). The number of amides is 1. The Hall–Kier alpha value is -0.206. The van der Waals surface area contributed by atoms with E-state index >= 15 is 0 Å². The van der Waals surface area contributed by atoms with Crippen molar-refractivity contribution in [2.45, 2.75) is 40.2 Å². The summed E-state index contributed by atoms with van der Waals surface area (Å²) in [4.78, 5) is 12.9. The summed E-state index contributed by atoms with van der Waals surface area (Å²) in [6.45, 7) is 12.8. The van der Waals surface area contributed by atoms with Crippen LogP contribution in [0.1, 0.15) is 45.7 Å². The molecule has 1 aliphatic heterocycles. The summed E-state index contributed by atoms with van der Waals surface area (Å²) in [6, 6.07) is 9.90. The molecule has 1 amide bonds. The van der Waals surface area contributed by atoms with Crippen molar-refractivity contribution in [3.8, 4) is 0 Å². The number of carbonyl (C=O) groups excluding carboxylic acids is 1. The second kappa shape index (κ2) is 11.9. The summed E-state index contributed by atoms with van der Waals surface area (Å²) in [5.74, 6) is 0.212. The predicted octanol–water partition coefficient (Wildman–Crippen LogP) is 3.84. The second-order valence-electron chi connectivity index (χ2n) is 3.26. The monoisotopic (exact) mass is 323 g/mol. The quantitative estimate of drug-likeness (QED) is 0.598. The molecule has 1 saturated heterocycles. The first-order valence-corrected chi connectivity index (χ1v) is 6.46. The Labute approximate surface area is 137 Å². The van der Waals surface area contributed by atoms with Crippen LogP contribution >= 0.6 is 0 Å². The van der Waals surface area contributed by atoms with Gasteiger partial charge in [0.15, 0.2) is 0 Å². The van der Waals surface area contributed by atoms with Crippen molar-refractivity contribution in [1.29, 1.82) is 0 Å². The van der Waals surface area contributed by atoms with E-state index in [2.05, 4.69) is 6.92 Å². The minimum Gasteiger partial charge on any atom is -0.365 e. The number of hydrogen-bond acceptors (Lipinski definition) is 1. The molecule has 0 saturated carbocycles. The summed E-state index contributed by atoms with van der Waals surface area (Å²) in [7, 11) is 0. The van der Waals surface area contributed by atoms with Crippen molar-refractivity contribution in [3.05, 3.63) is 42.8 Å². The van der Waals surface area contributed by atoms with E-state index in [4.69, 9.17) is 0 Å². The van der Waals surface area contributed by atoms with Crippen LogP contribution in [0.5, 0.6) is 0 Å². The van der Waals surface area contributed by atoms with Crippen LogP contribution in [-0.2, 0) is 37.5 Å². The van der Waals surface area contributed by atoms with Gasteiger partial charge >= 0.3 is 0 Å². The van der Waals surface area contributed by atoms with Gasteiger partial charge in [0.05, 0.1) is 0 Å². The molecule has 0 bridgehead atoms. The molecule has 2 nitrogen and oxygen atoms in total. The third-order valence-electron chi connectivity index (χ3n) is 2.45. The van der Waals surface area contributed by atoms with Gasteiger partial charge in [-0.2, -0.15) is 0 Å². The normalized spacial score (nSPS) is 13.8. The Morgan fingerprint density at radius 3 is 1.94 bits per heavy atom. The molecule has 3 heteroatoms. The van der Waals surface area contributed by atoms with Gasteiger partial charge in [-0.15, -0.1) is 0 Å². The Morgan fingerprint density at radius 1 is 1.11 bits per heavy atom. The fourth-order valence-corrected chi connectivity index (χ4v) is 1.52. The van der Waals surface area contributed by atoms with Crippen LogP contribution in [0.4, 0.5) is 0 Å². The maximum absolute atomic E-state index is 11.1. The first kappa shape index (κ1) is 20.1. The van der Waals surface area contributed by atoms with Gasteiger partial charge in [0, 0.05) is 45.7 Å². The summed E-state index contributed by atoms with van der Waals surface area (Å²) in [5.41, 5.74) is 1.11. The molecular weight excluding hydrogens is 299 g/mol. The second-order valence-corrected chi connectivity index (χ2v) is 3.26. The van der Waals surface area contributed by atoms with Gasteiger partial charge in [0.1, 0.15) is 0 Å². The maximum Gasteiger partial charge on any atom is 0.222 e. The summed E-state index contributed by atoms with van der Waals surface area (Å²) in [5, 5.41) is 0. The van der Waals surface area contributed by atoms with Gasteiger partial charge in [0.25, 0.3) is 0 Å². The Kier molecular flexibility index (Phi) is 13.3. The fourth-order valence-electron chi connectivity index (χ4n) is 1.52. The number of rotatable bonds is 2. The zero-order valence-electron chi connectivity index (χ0n) is 12.0. The Balaban J connectivity index is 0. The van der Waals surface area contributed by atoms with Gasteiger partial charge in [0.2, 0.25) is 5.91 Å². The van der Waals surface area contributed by atoms with E-state index in [1.807, 2.05) is 58.0 Å². The Morgan fingerprint density at radius 2 is 1.61 bits per heavy atom. The minimum atomic E-state index is -0.0116. The molecule has 0 N–H and O–H groups in total. The van der Waals surface area contributed by atoms with Gasteiger partial charge in [-0.05, 0) is 0 Å². The molecular formula is C15H24NOY-. The van der Waals surface area contributed by atoms with Crippen LogP contribution < -0.4 is 0 Å². The van der Waals surface area contributed by atoms with Gasteiger partial charge in [-0.3, -0.25) is 4.79 Å². The topological polar surface area (TPSA) is 20.3 Å². The predicted molar refractivity (Wildman–Crippen MR) is 73.6 cm³/mol. The molecule has 1 aliphatic rings. The van der Waals surface area contributed by atoms with Crippen LogP contribution in [-0.4, -0.2) is 17.4 Å². The number of likely N-dealkylation sites (tertiary alicyclic amines) is 1. The number of hydrogen-bond donors (Lipinski definition) is 0. The standard InChI is InChI=1S/C11H12NO.2C2H6.Y/c1-9(12-8-7-11(12)13)10-5-3-2-4-6-10;2*1-2;/h2-6,9H,1,7-8H2;2*1-2H3;/q-1;;;. The fraction of sp³-hybridized carbons (Fsp3) is 0.467. The van der Waals surface area contributed by atoms with Crippen molar-refractivity contribution in [2.24, 2.45) is 0 Å². The number of benzene rings is 1. The van der Waals surface area contributed by atoms with E-state index < -0.39 is 0 Å². The number of β-lactam (4-membered cyclic amide) rings is 1. The molecule has 1 radical (unpaired) electrons. The first-order chi connectivity index (χ1) is 8.29. The maximum atomic E-state index is 11.1. The Bertz CT molecular complexity index is 314. The van der Waals surface area contributed by atoms with Crippen LogP contribution in [0.15, 0.2) is 30.3 Å². The third kappa shape index (κ3) is 5.62. The summed E-state index contributed by atoms with van der Waals surface area (Å²) < 4.78 is 0.